The van der Waals surface area contributed by atoms with Crippen molar-refractivity contribution in [3.8, 4) is 0 Å². The second-order valence-electron chi connectivity index (χ2n) is 6.68. The van der Waals surface area contributed by atoms with Crippen molar-refractivity contribution in [2.75, 3.05) is 25.0 Å². The maximum absolute atomic E-state index is 12.6. The van der Waals surface area contributed by atoms with Gasteiger partial charge in [0.25, 0.3) is 0 Å². The summed E-state index contributed by atoms with van der Waals surface area (Å²) >= 11 is 0. The molecular weight excluding hydrogens is 286 g/mol. The average molecular weight is 317 g/mol. The van der Waals surface area contributed by atoms with Gasteiger partial charge in [0, 0.05) is 18.8 Å². The van der Waals surface area contributed by atoms with Crippen molar-refractivity contribution >= 4 is 11.6 Å². The Morgan fingerprint density at radius 1 is 1.22 bits per heavy atom. The van der Waals surface area contributed by atoms with Crippen LogP contribution in [0, 0.1) is 5.41 Å². The highest BCUT2D eigenvalue weighted by Crippen LogP contribution is 2.27. The standard InChI is InChI=1S/C19H31N3O/c1-3-19(4-2,15-20)18(23)21-17-10-8-9-16(13-17)14-22-11-6-5-7-12-22/h8-10,13H,3-7,11-12,14-15,20H2,1-2H3,(H,21,23). The number of carbonyl (C=O) groups excluding carboxylic acids is 1. The Morgan fingerprint density at radius 2 is 1.91 bits per heavy atom. The number of nitrogens with zero attached hydrogens (tertiary/aromatic N) is 1. The van der Waals surface area contributed by atoms with Gasteiger partial charge in [0.1, 0.15) is 0 Å². The first kappa shape index (κ1) is 18.0. The van der Waals surface area contributed by atoms with E-state index in [0.29, 0.717) is 6.54 Å². The fourth-order valence-electron chi connectivity index (χ4n) is 3.34. The van der Waals surface area contributed by atoms with Crippen molar-refractivity contribution in [1.82, 2.24) is 4.90 Å². The van der Waals surface area contributed by atoms with Crippen LogP contribution < -0.4 is 11.1 Å². The monoisotopic (exact) mass is 317 g/mol. The Bertz CT molecular complexity index is 497. The normalized spacial score (nSPS) is 16.3. The van der Waals surface area contributed by atoms with Gasteiger partial charge in [-0.3, -0.25) is 9.69 Å². The summed E-state index contributed by atoms with van der Waals surface area (Å²) in [5.41, 5.74) is 7.55. The third-order valence-corrected chi connectivity index (χ3v) is 5.27. The third-order valence-electron chi connectivity index (χ3n) is 5.27. The van der Waals surface area contributed by atoms with Gasteiger partial charge in [0.05, 0.1) is 5.41 Å². The molecule has 0 saturated carbocycles. The number of nitrogens with two attached hydrogens (primary N) is 1. The molecule has 0 atom stereocenters. The van der Waals surface area contributed by atoms with Crippen LogP contribution in [-0.2, 0) is 11.3 Å². The lowest BCUT2D eigenvalue weighted by Gasteiger charge is -2.29. The van der Waals surface area contributed by atoms with E-state index in [1.54, 1.807) is 0 Å². The number of carbonyl (C=O) groups is 1. The van der Waals surface area contributed by atoms with Gasteiger partial charge in [-0.05, 0) is 56.5 Å². The lowest BCUT2D eigenvalue weighted by Crippen LogP contribution is -2.41. The van der Waals surface area contributed by atoms with Crippen LogP contribution in [0.4, 0.5) is 5.69 Å². The van der Waals surface area contributed by atoms with E-state index >= 15 is 0 Å². The van der Waals surface area contributed by atoms with E-state index in [0.717, 1.165) is 25.1 Å². The van der Waals surface area contributed by atoms with E-state index in [9.17, 15) is 4.79 Å². The highest BCUT2D eigenvalue weighted by Gasteiger charge is 2.33. The van der Waals surface area contributed by atoms with Crippen LogP contribution >= 0.6 is 0 Å². The minimum absolute atomic E-state index is 0.0418. The molecular formula is C19H31N3O. The molecule has 0 unspecified atom stereocenters. The third kappa shape index (κ3) is 4.55. The predicted molar refractivity (Wildman–Crippen MR) is 96.3 cm³/mol. The average Bonchev–Trinajstić information content (AvgIpc) is 2.58. The van der Waals surface area contributed by atoms with E-state index < -0.39 is 5.41 Å². The van der Waals surface area contributed by atoms with Gasteiger partial charge >= 0.3 is 0 Å². The van der Waals surface area contributed by atoms with Gasteiger partial charge < -0.3 is 11.1 Å². The number of piperidine rings is 1. The molecule has 1 heterocycles. The lowest BCUT2D eigenvalue weighted by molar-refractivity contribution is -0.125. The number of nitrogens with one attached hydrogen (secondary N) is 1. The summed E-state index contributed by atoms with van der Waals surface area (Å²) in [6.07, 6.45) is 5.46. The molecule has 1 aliphatic rings. The largest absolute Gasteiger partial charge is 0.329 e. The Hall–Kier alpha value is -1.39. The molecule has 1 aliphatic heterocycles. The number of hydrogen-bond acceptors (Lipinski definition) is 3. The van der Waals surface area contributed by atoms with Gasteiger partial charge in [-0.1, -0.05) is 32.4 Å². The molecule has 0 aromatic heterocycles. The van der Waals surface area contributed by atoms with Gasteiger partial charge in [0.2, 0.25) is 5.91 Å². The maximum Gasteiger partial charge on any atom is 0.231 e. The first-order chi connectivity index (χ1) is 11.1. The Balaban J connectivity index is 2.03. The van der Waals surface area contributed by atoms with E-state index in [-0.39, 0.29) is 5.91 Å². The van der Waals surface area contributed by atoms with E-state index in [1.807, 2.05) is 26.0 Å². The number of anilines is 1. The van der Waals surface area contributed by atoms with Crippen molar-refractivity contribution in [3.05, 3.63) is 29.8 Å². The zero-order chi connectivity index (χ0) is 16.7. The highest BCUT2D eigenvalue weighted by atomic mass is 16.2. The molecule has 1 aromatic carbocycles. The molecule has 1 amide bonds. The molecule has 1 aromatic rings. The van der Waals surface area contributed by atoms with Crippen LogP contribution in [0.1, 0.15) is 51.5 Å². The van der Waals surface area contributed by atoms with Crippen LogP contribution in [0.5, 0.6) is 0 Å². The van der Waals surface area contributed by atoms with E-state index in [2.05, 4.69) is 22.3 Å². The molecule has 0 radical (unpaired) electrons. The van der Waals surface area contributed by atoms with Crippen molar-refractivity contribution < 1.29 is 4.79 Å². The molecule has 4 nitrogen and oxygen atoms in total. The summed E-state index contributed by atoms with van der Waals surface area (Å²) in [5, 5.41) is 3.08. The summed E-state index contributed by atoms with van der Waals surface area (Å²) in [6.45, 7) is 7.77. The quantitative estimate of drug-likeness (QED) is 0.810. The molecule has 3 N–H and O–H groups in total. The van der Waals surface area contributed by atoms with Crippen LogP contribution in [0.25, 0.3) is 0 Å². The smallest absolute Gasteiger partial charge is 0.231 e. The van der Waals surface area contributed by atoms with Gasteiger partial charge in [-0.2, -0.15) is 0 Å². The van der Waals surface area contributed by atoms with Gasteiger partial charge in [-0.15, -0.1) is 0 Å². The first-order valence-corrected chi connectivity index (χ1v) is 8.96. The zero-order valence-electron chi connectivity index (χ0n) is 14.6. The minimum atomic E-state index is -0.455. The molecule has 0 bridgehead atoms. The summed E-state index contributed by atoms with van der Waals surface area (Å²) in [6, 6.07) is 8.22. The molecule has 23 heavy (non-hydrogen) atoms. The Kier molecular flexibility index (Phi) is 6.60. The molecule has 128 valence electrons. The van der Waals surface area contributed by atoms with E-state index in [4.69, 9.17) is 5.73 Å². The zero-order valence-corrected chi connectivity index (χ0v) is 14.6. The lowest BCUT2D eigenvalue weighted by atomic mass is 9.81. The predicted octanol–water partition coefficient (Wildman–Crippen LogP) is 3.38. The number of amides is 1. The molecule has 0 spiro atoms. The molecule has 0 aliphatic carbocycles. The van der Waals surface area contributed by atoms with Gasteiger partial charge in [-0.25, -0.2) is 0 Å². The van der Waals surface area contributed by atoms with Crippen LogP contribution in [0.3, 0.4) is 0 Å². The first-order valence-electron chi connectivity index (χ1n) is 8.96. The van der Waals surface area contributed by atoms with Crippen molar-refractivity contribution in [2.24, 2.45) is 11.1 Å². The molecule has 1 fully saturated rings. The molecule has 1 saturated heterocycles. The Labute approximate surface area is 140 Å². The summed E-state index contributed by atoms with van der Waals surface area (Å²) < 4.78 is 0. The fraction of sp³-hybridized carbons (Fsp3) is 0.632. The van der Waals surface area contributed by atoms with Crippen molar-refractivity contribution in [2.45, 2.75) is 52.5 Å². The fourth-order valence-corrected chi connectivity index (χ4v) is 3.34. The number of benzene rings is 1. The summed E-state index contributed by atoms with van der Waals surface area (Å²) in [5.74, 6) is 0.0418. The van der Waals surface area contributed by atoms with E-state index in [1.165, 1.54) is 37.9 Å². The van der Waals surface area contributed by atoms with Crippen LogP contribution in [0.2, 0.25) is 0 Å². The summed E-state index contributed by atoms with van der Waals surface area (Å²) in [7, 11) is 0. The Morgan fingerprint density at radius 3 is 2.52 bits per heavy atom. The SMILES string of the molecule is CCC(CC)(CN)C(=O)Nc1cccc(CN2CCCCC2)c1. The highest BCUT2D eigenvalue weighted by molar-refractivity contribution is 5.95. The second kappa shape index (κ2) is 8.46. The van der Waals surface area contributed by atoms with Crippen LogP contribution in [-0.4, -0.2) is 30.4 Å². The van der Waals surface area contributed by atoms with Crippen molar-refractivity contribution in [1.29, 1.82) is 0 Å². The topological polar surface area (TPSA) is 58.4 Å². The molecule has 2 rings (SSSR count). The minimum Gasteiger partial charge on any atom is -0.329 e. The van der Waals surface area contributed by atoms with Crippen LogP contribution in [0.15, 0.2) is 24.3 Å². The number of rotatable bonds is 7. The summed E-state index contributed by atoms with van der Waals surface area (Å²) in [4.78, 5) is 15.1. The number of likely N-dealkylation sites (tertiary alicyclic amines) is 1. The van der Waals surface area contributed by atoms with Crippen molar-refractivity contribution in [3.63, 3.8) is 0 Å². The maximum atomic E-state index is 12.6. The van der Waals surface area contributed by atoms with Gasteiger partial charge in [0.15, 0.2) is 0 Å². The molecule has 4 heteroatoms. The second-order valence-corrected chi connectivity index (χ2v) is 6.68. The number of hydrogen-bond donors (Lipinski definition) is 2.